The lowest BCUT2D eigenvalue weighted by molar-refractivity contribution is 1.02. The number of aromatic nitrogens is 4. The van der Waals surface area contributed by atoms with E-state index in [4.69, 9.17) is 0 Å². The molecule has 11 aromatic carbocycles. The third-order valence-electron chi connectivity index (χ3n) is 16.0. The van der Waals surface area contributed by atoms with E-state index in [9.17, 15) is 10.5 Å². The van der Waals surface area contributed by atoms with Gasteiger partial charge in [-0.2, -0.15) is 10.5 Å². The lowest BCUT2D eigenvalue weighted by Gasteiger charge is -2.27. The summed E-state index contributed by atoms with van der Waals surface area (Å²) in [5, 5.41) is 38.5. The van der Waals surface area contributed by atoms with Gasteiger partial charge in [-0.05, 0) is 72.8 Å². The average Bonchev–Trinajstić information content (AvgIpc) is 4.34. The molecule has 0 amide bonds. The molecule has 8 heteroatoms. The fraction of sp³-hybridized carbons (Fsp3) is 0. The van der Waals surface area contributed by atoms with Crippen molar-refractivity contribution in [2.45, 2.75) is 0 Å². The molecular formula is C68H36N6S2. The van der Waals surface area contributed by atoms with Gasteiger partial charge in [0, 0.05) is 83.4 Å². The summed E-state index contributed by atoms with van der Waals surface area (Å²) in [6.07, 6.45) is 0. The molecule has 6 heterocycles. The first-order valence-electron chi connectivity index (χ1n) is 25.4. The van der Waals surface area contributed by atoms with Gasteiger partial charge in [-0.3, -0.25) is 0 Å². The normalized spacial score (nSPS) is 12.2. The quantitative estimate of drug-likeness (QED) is 0.176. The molecule has 0 saturated carbocycles. The Hall–Kier alpha value is -9.96. The molecule has 0 aliphatic heterocycles. The number of hydrogen-bond acceptors (Lipinski definition) is 4. The minimum Gasteiger partial charge on any atom is -0.306 e. The third-order valence-corrected chi connectivity index (χ3v) is 18.3. The molecule has 0 radical (unpaired) electrons. The number of nitriles is 2. The van der Waals surface area contributed by atoms with E-state index in [1.54, 1.807) is 22.7 Å². The molecule has 6 aromatic heterocycles. The summed E-state index contributed by atoms with van der Waals surface area (Å²) < 4.78 is 14.0. The zero-order valence-corrected chi connectivity index (χ0v) is 41.9. The highest BCUT2D eigenvalue weighted by Crippen LogP contribution is 2.51. The van der Waals surface area contributed by atoms with Gasteiger partial charge < -0.3 is 18.3 Å². The molecular weight excluding hydrogens is 965 g/mol. The van der Waals surface area contributed by atoms with Crippen molar-refractivity contribution in [3.8, 4) is 34.9 Å². The fourth-order valence-corrected chi connectivity index (χ4v) is 15.2. The second kappa shape index (κ2) is 15.3. The van der Waals surface area contributed by atoms with E-state index < -0.39 is 0 Å². The molecule has 0 aliphatic rings. The zero-order valence-electron chi connectivity index (χ0n) is 40.3. The molecule has 17 aromatic rings. The van der Waals surface area contributed by atoms with Crippen LogP contribution in [0.4, 0.5) is 0 Å². The van der Waals surface area contributed by atoms with E-state index in [-0.39, 0.29) is 0 Å². The molecule has 76 heavy (non-hydrogen) atoms. The summed E-state index contributed by atoms with van der Waals surface area (Å²) >= 11 is 3.58. The first-order chi connectivity index (χ1) is 37.7. The zero-order chi connectivity index (χ0) is 49.9. The fourth-order valence-electron chi connectivity index (χ4n) is 13.0. The summed E-state index contributed by atoms with van der Waals surface area (Å²) in [5.74, 6) is 0. The average molecular weight is 1000 g/mol. The second-order valence-electron chi connectivity index (χ2n) is 19.7. The van der Waals surface area contributed by atoms with E-state index in [0.29, 0.717) is 28.2 Å². The van der Waals surface area contributed by atoms with Crippen molar-refractivity contribution in [2.24, 2.45) is 0 Å². The highest BCUT2D eigenvalue weighted by Gasteiger charge is 2.35. The van der Waals surface area contributed by atoms with Gasteiger partial charge in [0.15, 0.2) is 0 Å². The first-order valence-corrected chi connectivity index (χ1v) is 27.0. The number of fused-ring (bicyclic) bond motifs is 18. The van der Waals surface area contributed by atoms with E-state index in [2.05, 4.69) is 249 Å². The summed E-state index contributed by atoms with van der Waals surface area (Å²) in [6.45, 7) is 0. The van der Waals surface area contributed by atoms with E-state index in [1.807, 2.05) is 0 Å². The van der Waals surface area contributed by atoms with Crippen molar-refractivity contribution in [3.63, 3.8) is 0 Å². The van der Waals surface area contributed by atoms with Crippen LogP contribution in [0.25, 0.3) is 150 Å². The van der Waals surface area contributed by atoms with Gasteiger partial charge in [-0.1, -0.05) is 146 Å². The topological polar surface area (TPSA) is 67.3 Å². The van der Waals surface area contributed by atoms with Crippen LogP contribution in [-0.2, 0) is 0 Å². The molecule has 17 rings (SSSR count). The van der Waals surface area contributed by atoms with Crippen LogP contribution in [-0.4, -0.2) is 18.3 Å². The maximum absolute atomic E-state index is 12.6. The number of rotatable bonds is 4. The Bertz CT molecular complexity index is 5190. The highest BCUT2D eigenvalue weighted by molar-refractivity contribution is 7.26. The number of thiophene rings is 2. The van der Waals surface area contributed by atoms with Crippen LogP contribution in [0.1, 0.15) is 11.1 Å². The smallest absolute Gasteiger partial charge is 0.104 e. The minimum absolute atomic E-state index is 0.385. The molecule has 6 nitrogen and oxygen atoms in total. The molecule has 350 valence electrons. The van der Waals surface area contributed by atoms with Crippen LogP contribution in [0.2, 0.25) is 0 Å². The van der Waals surface area contributed by atoms with Crippen molar-refractivity contribution in [1.29, 1.82) is 10.5 Å². The highest BCUT2D eigenvalue weighted by atomic mass is 32.1. The summed E-state index contributed by atoms with van der Waals surface area (Å²) in [5.41, 5.74) is 11.0. The molecule has 0 bridgehead atoms. The molecule has 0 unspecified atom stereocenters. The summed E-state index contributed by atoms with van der Waals surface area (Å²) in [6, 6.07) is 83.6. The summed E-state index contributed by atoms with van der Waals surface area (Å²) in [4.78, 5) is 0. The van der Waals surface area contributed by atoms with Crippen molar-refractivity contribution < 1.29 is 0 Å². The van der Waals surface area contributed by atoms with Crippen LogP contribution >= 0.6 is 22.7 Å². The lowest BCUT2D eigenvalue weighted by atomic mass is 9.98. The van der Waals surface area contributed by atoms with Gasteiger partial charge in [0.1, 0.15) is 23.3 Å². The van der Waals surface area contributed by atoms with Crippen LogP contribution < -0.4 is 0 Å². The second-order valence-corrected chi connectivity index (χ2v) is 21.9. The SMILES string of the molecule is N#Cc1c(-n2c3ccccc3c3ccccc32)c(C#N)c(-n2c3ccccc3c3cc4c(cc32)sc2ccccc24)c(-n2c3ccccc3c3ccccc32)c1-n1c2ccccc2c2cc3c(cc21)sc1ccccc13. The van der Waals surface area contributed by atoms with Crippen molar-refractivity contribution in [2.75, 3.05) is 0 Å². The van der Waals surface area contributed by atoms with Gasteiger partial charge in [0.25, 0.3) is 0 Å². The van der Waals surface area contributed by atoms with Gasteiger partial charge in [0.05, 0.1) is 66.9 Å². The van der Waals surface area contributed by atoms with Crippen molar-refractivity contribution >= 4 is 150 Å². The molecule has 0 spiro atoms. The third kappa shape index (κ3) is 5.35. The molecule has 0 saturated heterocycles. The number of benzene rings is 11. The minimum atomic E-state index is 0.385. The Labute approximate surface area is 440 Å². The molecule has 0 fully saturated rings. The lowest BCUT2D eigenvalue weighted by Crippen LogP contribution is -2.16. The largest absolute Gasteiger partial charge is 0.306 e. The Morgan fingerprint density at radius 1 is 0.237 bits per heavy atom. The Morgan fingerprint density at radius 3 is 0.855 bits per heavy atom. The Kier molecular flexibility index (Phi) is 8.36. The predicted octanol–water partition coefficient (Wildman–Crippen LogP) is 18.6. The number of para-hydroxylation sites is 6. The number of nitrogens with zero attached hydrogens (tertiary/aromatic N) is 6. The Balaban J connectivity index is 1.19. The number of hydrogen-bond donors (Lipinski definition) is 0. The van der Waals surface area contributed by atoms with Crippen molar-refractivity contribution in [1.82, 2.24) is 18.3 Å². The molecule has 0 aliphatic carbocycles. The summed E-state index contributed by atoms with van der Waals surface area (Å²) in [7, 11) is 0. The van der Waals surface area contributed by atoms with Crippen LogP contribution in [0, 0.1) is 22.7 Å². The van der Waals surface area contributed by atoms with Crippen LogP contribution in [0.5, 0.6) is 0 Å². The maximum Gasteiger partial charge on any atom is 0.104 e. The van der Waals surface area contributed by atoms with E-state index >= 15 is 0 Å². The van der Waals surface area contributed by atoms with E-state index in [0.717, 1.165) is 102 Å². The van der Waals surface area contributed by atoms with Gasteiger partial charge in [0.2, 0.25) is 0 Å². The molecule has 0 atom stereocenters. The van der Waals surface area contributed by atoms with Gasteiger partial charge in [-0.15, -0.1) is 22.7 Å². The van der Waals surface area contributed by atoms with Crippen LogP contribution in [0.3, 0.4) is 0 Å². The molecule has 0 N–H and O–H groups in total. The Morgan fingerprint density at radius 2 is 0.513 bits per heavy atom. The predicted molar refractivity (Wildman–Crippen MR) is 319 cm³/mol. The van der Waals surface area contributed by atoms with Gasteiger partial charge in [-0.25, -0.2) is 0 Å². The monoisotopic (exact) mass is 1000 g/mol. The first kappa shape index (κ1) is 41.5. The van der Waals surface area contributed by atoms with Crippen LogP contribution in [0.15, 0.2) is 218 Å². The van der Waals surface area contributed by atoms with Gasteiger partial charge >= 0.3 is 0 Å². The van der Waals surface area contributed by atoms with Crippen molar-refractivity contribution in [3.05, 3.63) is 230 Å². The maximum atomic E-state index is 12.6. The standard InChI is InChI=1S/C68H36N6S2/c69-37-51-65(71-53-25-9-1-17-39(53)40-18-2-10-26-54(40)71)52(38-70)67(74-58-30-14-6-22-44(58)48-34-50-46-24-8-16-32-62(46)76-64(50)36-60(48)74)68(72-55-27-11-3-19-41(55)42-20-4-12-28-56(42)72)66(51)73-57-29-13-5-21-43(57)47-33-49-45-23-7-15-31-61(45)75-63(49)35-59(47)73/h1-36H. The van der Waals surface area contributed by atoms with E-state index in [1.165, 1.54) is 30.9 Å².